The van der Waals surface area contributed by atoms with Crippen molar-refractivity contribution in [2.75, 3.05) is 6.61 Å². The Bertz CT molecular complexity index is 1260. The van der Waals surface area contributed by atoms with Crippen molar-refractivity contribution in [2.24, 2.45) is 0 Å². The van der Waals surface area contributed by atoms with Gasteiger partial charge in [-0.2, -0.15) is 0 Å². The smallest absolute Gasteiger partial charge is 0.274 e. The number of hydrogen-bond acceptors (Lipinski definition) is 6. The fourth-order valence-electron chi connectivity index (χ4n) is 3.45. The quantitative estimate of drug-likeness (QED) is 0.392. The lowest BCUT2D eigenvalue weighted by atomic mass is 10.1. The minimum absolute atomic E-state index is 0.271. The molecule has 2 aromatic heterocycles. The monoisotopic (exact) mass is 459 g/mol. The van der Waals surface area contributed by atoms with Gasteiger partial charge in [0.1, 0.15) is 17.2 Å². The highest BCUT2D eigenvalue weighted by molar-refractivity contribution is 5.93. The second-order valence-corrected chi connectivity index (χ2v) is 8.24. The summed E-state index contributed by atoms with van der Waals surface area (Å²) in [5.74, 6) is 1.83. The molecule has 0 aliphatic rings. The van der Waals surface area contributed by atoms with Crippen LogP contribution in [0, 0.1) is 20.8 Å². The van der Waals surface area contributed by atoms with E-state index in [1.807, 2.05) is 69.3 Å². The van der Waals surface area contributed by atoms with E-state index in [-0.39, 0.29) is 5.91 Å². The van der Waals surface area contributed by atoms with Crippen LogP contribution in [0.1, 0.15) is 52.1 Å². The van der Waals surface area contributed by atoms with Crippen LogP contribution < -0.4 is 10.1 Å². The summed E-state index contributed by atoms with van der Waals surface area (Å²) in [6.07, 6.45) is 0.960. The summed E-state index contributed by atoms with van der Waals surface area (Å²) in [5.41, 5.74) is 4.78. The second kappa shape index (κ2) is 10.3. The van der Waals surface area contributed by atoms with E-state index in [4.69, 9.17) is 9.15 Å². The van der Waals surface area contributed by atoms with Crippen LogP contribution in [0.5, 0.6) is 5.75 Å². The molecule has 0 radical (unpaired) electrons. The van der Waals surface area contributed by atoms with Gasteiger partial charge in [0.2, 0.25) is 5.89 Å². The Kier molecular flexibility index (Phi) is 7.06. The Morgan fingerprint density at radius 3 is 2.50 bits per heavy atom. The van der Waals surface area contributed by atoms with Crippen molar-refractivity contribution in [3.05, 3.63) is 82.5 Å². The molecule has 0 aliphatic carbocycles. The number of rotatable bonds is 9. The van der Waals surface area contributed by atoms with Crippen molar-refractivity contribution in [3.63, 3.8) is 0 Å². The Balaban J connectivity index is 1.40. The van der Waals surface area contributed by atoms with Crippen LogP contribution in [-0.2, 0) is 13.1 Å². The van der Waals surface area contributed by atoms with Crippen molar-refractivity contribution in [2.45, 2.75) is 47.2 Å². The Labute approximate surface area is 199 Å². The van der Waals surface area contributed by atoms with Gasteiger partial charge in [-0.05, 0) is 57.0 Å². The molecule has 0 saturated carbocycles. The van der Waals surface area contributed by atoms with E-state index in [1.165, 1.54) is 5.56 Å². The molecule has 0 saturated heterocycles. The van der Waals surface area contributed by atoms with Gasteiger partial charge in [0.15, 0.2) is 5.69 Å². The summed E-state index contributed by atoms with van der Waals surface area (Å²) < 4.78 is 13.1. The molecule has 2 heterocycles. The third-order valence-corrected chi connectivity index (χ3v) is 5.54. The molecule has 0 atom stereocenters. The normalized spacial score (nSPS) is 10.9. The highest BCUT2D eigenvalue weighted by atomic mass is 16.5. The number of carbonyl (C=O) groups is 1. The molecule has 0 spiro atoms. The number of hydrogen-bond donors (Lipinski definition) is 1. The van der Waals surface area contributed by atoms with Crippen LogP contribution in [0.3, 0.4) is 0 Å². The molecule has 0 aliphatic heterocycles. The molecule has 4 rings (SSSR count). The van der Waals surface area contributed by atoms with Crippen LogP contribution in [0.25, 0.3) is 11.5 Å². The number of benzene rings is 2. The van der Waals surface area contributed by atoms with Crippen molar-refractivity contribution in [3.8, 4) is 17.2 Å². The zero-order valence-corrected chi connectivity index (χ0v) is 20.0. The molecule has 8 heteroatoms. The van der Waals surface area contributed by atoms with Gasteiger partial charge < -0.3 is 14.5 Å². The van der Waals surface area contributed by atoms with Crippen LogP contribution in [0.4, 0.5) is 0 Å². The maximum Gasteiger partial charge on any atom is 0.274 e. The third-order valence-electron chi connectivity index (χ3n) is 5.54. The number of aromatic nitrogens is 4. The summed E-state index contributed by atoms with van der Waals surface area (Å²) in [6, 6.07) is 15.7. The summed E-state index contributed by atoms with van der Waals surface area (Å²) >= 11 is 0. The summed E-state index contributed by atoms with van der Waals surface area (Å²) in [7, 11) is 0. The van der Waals surface area contributed by atoms with Crippen molar-refractivity contribution in [1.29, 1.82) is 0 Å². The van der Waals surface area contributed by atoms with E-state index in [9.17, 15) is 4.79 Å². The van der Waals surface area contributed by atoms with Crippen molar-refractivity contribution in [1.82, 2.24) is 25.3 Å². The molecule has 0 unspecified atom stereocenters. The topological polar surface area (TPSA) is 95.1 Å². The highest BCUT2D eigenvalue weighted by Gasteiger charge is 2.19. The SMILES string of the molecule is CCCOc1ccc(CNC(=O)c2nnn(Cc3nc(-c4ccc(C)cc4)oc3C)c2C)cc1. The first-order valence-corrected chi connectivity index (χ1v) is 11.4. The van der Waals surface area contributed by atoms with E-state index in [2.05, 4.69) is 27.5 Å². The summed E-state index contributed by atoms with van der Waals surface area (Å²) in [4.78, 5) is 17.3. The lowest BCUT2D eigenvalue weighted by Crippen LogP contribution is -2.24. The molecule has 1 amide bonds. The average molecular weight is 460 g/mol. The van der Waals surface area contributed by atoms with Gasteiger partial charge in [-0.25, -0.2) is 9.67 Å². The number of aryl methyl sites for hydroxylation is 2. The van der Waals surface area contributed by atoms with Crippen molar-refractivity contribution >= 4 is 5.91 Å². The minimum Gasteiger partial charge on any atom is -0.494 e. The Morgan fingerprint density at radius 2 is 1.79 bits per heavy atom. The number of nitrogens with one attached hydrogen (secondary N) is 1. The van der Waals surface area contributed by atoms with Crippen molar-refractivity contribution < 1.29 is 13.9 Å². The second-order valence-electron chi connectivity index (χ2n) is 8.24. The Morgan fingerprint density at radius 1 is 1.06 bits per heavy atom. The van der Waals surface area contributed by atoms with Crippen LogP contribution in [-0.4, -0.2) is 32.5 Å². The number of ether oxygens (including phenoxy) is 1. The van der Waals surface area contributed by atoms with Gasteiger partial charge in [0.05, 0.1) is 18.8 Å². The summed E-state index contributed by atoms with van der Waals surface area (Å²) in [5, 5.41) is 11.2. The maximum atomic E-state index is 12.7. The van der Waals surface area contributed by atoms with Gasteiger partial charge in [0.25, 0.3) is 5.91 Å². The average Bonchev–Trinajstić information content (AvgIpc) is 3.39. The first-order valence-electron chi connectivity index (χ1n) is 11.4. The van der Waals surface area contributed by atoms with E-state index >= 15 is 0 Å². The lowest BCUT2D eigenvalue weighted by Gasteiger charge is -2.07. The first kappa shape index (κ1) is 23.2. The molecule has 4 aromatic rings. The van der Waals surface area contributed by atoms with E-state index in [0.717, 1.165) is 29.0 Å². The minimum atomic E-state index is -0.271. The largest absolute Gasteiger partial charge is 0.494 e. The zero-order valence-electron chi connectivity index (χ0n) is 20.0. The number of carbonyl (C=O) groups excluding carboxylic acids is 1. The fourth-order valence-corrected chi connectivity index (χ4v) is 3.45. The molecule has 1 N–H and O–H groups in total. The lowest BCUT2D eigenvalue weighted by molar-refractivity contribution is 0.0945. The fraction of sp³-hybridized carbons (Fsp3) is 0.308. The maximum absolute atomic E-state index is 12.7. The molecule has 176 valence electrons. The number of amides is 1. The molecule has 2 aromatic carbocycles. The first-order chi connectivity index (χ1) is 16.4. The highest BCUT2D eigenvalue weighted by Crippen LogP contribution is 2.23. The zero-order chi connectivity index (χ0) is 24.1. The number of nitrogens with zero attached hydrogens (tertiary/aromatic N) is 4. The molecule has 0 bridgehead atoms. The molecular weight excluding hydrogens is 430 g/mol. The number of oxazole rings is 1. The van der Waals surface area contributed by atoms with Gasteiger partial charge in [-0.3, -0.25) is 4.79 Å². The Hall–Kier alpha value is -3.94. The van der Waals surface area contributed by atoms with E-state index in [0.29, 0.717) is 42.7 Å². The third kappa shape index (κ3) is 5.33. The van der Waals surface area contributed by atoms with Gasteiger partial charge in [0, 0.05) is 12.1 Å². The molecule has 8 nitrogen and oxygen atoms in total. The van der Waals surface area contributed by atoms with Gasteiger partial charge in [-0.15, -0.1) is 5.10 Å². The van der Waals surface area contributed by atoms with Crippen LogP contribution >= 0.6 is 0 Å². The standard InChI is InChI=1S/C26H29N5O3/c1-5-14-33-22-12-8-20(9-13-22)15-27-25(32)24-18(3)31(30-29-24)16-23-19(4)34-26(28-23)21-10-6-17(2)7-11-21/h6-13H,5,14-16H2,1-4H3,(H,27,32). The van der Waals surface area contributed by atoms with Gasteiger partial charge in [-0.1, -0.05) is 42.0 Å². The molecule has 34 heavy (non-hydrogen) atoms. The summed E-state index contributed by atoms with van der Waals surface area (Å²) in [6.45, 7) is 9.25. The van der Waals surface area contributed by atoms with E-state index < -0.39 is 0 Å². The van der Waals surface area contributed by atoms with Crippen LogP contribution in [0.15, 0.2) is 52.9 Å². The van der Waals surface area contributed by atoms with Gasteiger partial charge >= 0.3 is 0 Å². The predicted octanol–water partition coefficient (Wildman–Crippen LogP) is 4.63. The molecular formula is C26H29N5O3. The molecule has 0 fully saturated rings. The van der Waals surface area contributed by atoms with Crippen LogP contribution in [0.2, 0.25) is 0 Å². The van der Waals surface area contributed by atoms with E-state index in [1.54, 1.807) is 4.68 Å². The predicted molar refractivity (Wildman–Crippen MR) is 129 cm³/mol.